The lowest BCUT2D eigenvalue weighted by Gasteiger charge is -2.31. The van der Waals surface area contributed by atoms with Crippen molar-refractivity contribution in [1.82, 2.24) is 0 Å². The first kappa shape index (κ1) is 12.5. The average Bonchev–Trinajstić information content (AvgIpc) is 2.26. The third-order valence-corrected chi connectivity index (χ3v) is 3.22. The molecule has 0 aromatic heterocycles. The van der Waals surface area contributed by atoms with Gasteiger partial charge < -0.3 is 16.2 Å². The van der Waals surface area contributed by atoms with Crippen LogP contribution in [0.25, 0.3) is 0 Å². The third kappa shape index (κ3) is 3.80. The quantitative estimate of drug-likeness (QED) is 0.710. The number of carbonyl (C=O) groups is 1. The molecule has 1 saturated carbocycles. The maximum atomic E-state index is 10.7. The first-order valence-corrected chi connectivity index (χ1v) is 5.81. The van der Waals surface area contributed by atoms with E-state index in [0.29, 0.717) is 5.92 Å². The molecule has 0 bridgehead atoms. The fraction of sp³-hybridized carbons (Fsp3) is 0.909. The van der Waals surface area contributed by atoms with Crippen molar-refractivity contribution in [3.05, 3.63) is 0 Å². The topological polar surface area (TPSA) is 78.3 Å². The molecule has 0 spiro atoms. The standard InChI is InChI=1S/C11H22N2O2/c1-2-8-5-3-4-6-10(8)15-7-9(12)11(13)14/h8-10H,2-7,12H2,1H3,(H2,13,14). The Morgan fingerprint density at radius 3 is 2.73 bits per heavy atom. The summed E-state index contributed by atoms with van der Waals surface area (Å²) in [5, 5.41) is 0. The van der Waals surface area contributed by atoms with Crippen molar-refractivity contribution in [3.8, 4) is 0 Å². The minimum absolute atomic E-state index is 0.260. The molecular formula is C11H22N2O2. The summed E-state index contributed by atoms with van der Waals surface area (Å²) in [6.45, 7) is 2.44. The van der Waals surface area contributed by atoms with Crippen molar-refractivity contribution in [2.45, 2.75) is 51.2 Å². The largest absolute Gasteiger partial charge is 0.376 e. The Bertz CT molecular complexity index is 209. The van der Waals surface area contributed by atoms with Crippen LogP contribution >= 0.6 is 0 Å². The van der Waals surface area contributed by atoms with E-state index in [2.05, 4.69) is 6.92 Å². The van der Waals surface area contributed by atoms with Gasteiger partial charge >= 0.3 is 0 Å². The number of nitrogens with two attached hydrogens (primary N) is 2. The highest BCUT2D eigenvalue weighted by Gasteiger charge is 2.25. The number of primary amides is 1. The summed E-state index contributed by atoms with van der Waals surface area (Å²) >= 11 is 0. The Kier molecular flexibility index (Phi) is 5.05. The van der Waals surface area contributed by atoms with Crippen LogP contribution in [-0.4, -0.2) is 24.7 Å². The number of carbonyl (C=O) groups excluding carboxylic acids is 1. The third-order valence-electron chi connectivity index (χ3n) is 3.22. The fourth-order valence-corrected chi connectivity index (χ4v) is 2.17. The average molecular weight is 214 g/mol. The molecule has 0 radical (unpaired) electrons. The molecule has 0 saturated heterocycles. The van der Waals surface area contributed by atoms with E-state index in [1.807, 2.05) is 0 Å². The van der Waals surface area contributed by atoms with Crippen molar-refractivity contribution in [2.24, 2.45) is 17.4 Å². The van der Waals surface area contributed by atoms with Crippen molar-refractivity contribution in [1.29, 1.82) is 0 Å². The zero-order chi connectivity index (χ0) is 11.3. The number of rotatable bonds is 5. The van der Waals surface area contributed by atoms with E-state index in [1.54, 1.807) is 0 Å². The molecule has 0 aromatic rings. The smallest absolute Gasteiger partial charge is 0.236 e. The van der Waals surface area contributed by atoms with E-state index < -0.39 is 11.9 Å². The summed E-state index contributed by atoms with van der Waals surface area (Å²) in [4.78, 5) is 10.7. The molecule has 1 aliphatic rings. The van der Waals surface area contributed by atoms with Gasteiger partial charge in [-0.25, -0.2) is 0 Å². The molecule has 4 nitrogen and oxygen atoms in total. The van der Waals surface area contributed by atoms with E-state index in [9.17, 15) is 4.79 Å². The second-order valence-electron chi connectivity index (χ2n) is 4.33. The lowest BCUT2D eigenvalue weighted by atomic mass is 9.85. The molecule has 0 heterocycles. The van der Waals surface area contributed by atoms with Gasteiger partial charge in [0.05, 0.1) is 12.7 Å². The van der Waals surface area contributed by atoms with E-state index in [-0.39, 0.29) is 12.7 Å². The molecular weight excluding hydrogens is 192 g/mol. The number of hydrogen-bond acceptors (Lipinski definition) is 3. The van der Waals surface area contributed by atoms with E-state index >= 15 is 0 Å². The molecule has 3 atom stereocenters. The van der Waals surface area contributed by atoms with Crippen LogP contribution in [0.15, 0.2) is 0 Å². The highest BCUT2D eigenvalue weighted by molar-refractivity contribution is 5.79. The molecule has 4 N–H and O–H groups in total. The van der Waals surface area contributed by atoms with Gasteiger partial charge in [-0.3, -0.25) is 4.79 Å². The Hall–Kier alpha value is -0.610. The van der Waals surface area contributed by atoms with Gasteiger partial charge in [-0.15, -0.1) is 0 Å². The van der Waals surface area contributed by atoms with Crippen LogP contribution in [-0.2, 0) is 9.53 Å². The molecule has 1 aliphatic carbocycles. The number of ether oxygens (including phenoxy) is 1. The number of hydrogen-bond donors (Lipinski definition) is 2. The zero-order valence-corrected chi connectivity index (χ0v) is 9.45. The van der Waals surface area contributed by atoms with Gasteiger partial charge in [-0.1, -0.05) is 26.2 Å². The van der Waals surface area contributed by atoms with Crippen LogP contribution < -0.4 is 11.5 Å². The highest BCUT2D eigenvalue weighted by atomic mass is 16.5. The van der Waals surface area contributed by atoms with E-state index in [4.69, 9.17) is 16.2 Å². The van der Waals surface area contributed by atoms with Crippen LogP contribution in [0.1, 0.15) is 39.0 Å². The van der Waals surface area contributed by atoms with Gasteiger partial charge in [-0.2, -0.15) is 0 Å². The highest BCUT2D eigenvalue weighted by Crippen LogP contribution is 2.28. The molecule has 88 valence electrons. The second-order valence-corrected chi connectivity index (χ2v) is 4.33. The van der Waals surface area contributed by atoms with Crippen LogP contribution in [0.3, 0.4) is 0 Å². The van der Waals surface area contributed by atoms with E-state index in [0.717, 1.165) is 12.8 Å². The normalized spacial score (nSPS) is 28.7. The Labute approximate surface area is 91.3 Å². The van der Waals surface area contributed by atoms with Gasteiger partial charge in [0.25, 0.3) is 0 Å². The lowest BCUT2D eigenvalue weighted by molar-refractivity contribution is -0.121. The summed E-state index contributed by atoms with van der Waals surface area (Å²) < 4.78 is 5.68. The minimum Gasteiger partial charge on any atom is -0.376 e. The van der Waals surface area contributed by atoms with Crippen LogP contribution in [0.2, 0.25) is 0 Å². The van der Waals surface area contributed by atoms with Gasteiger partial charge in [0.1, 0.15) is 6.04 Å². The molecule has 1 amide bonds. The summed E-state index contributed by atoms with van der Waals surface area (Å²) in [5.41, 5.74) is 10.6. The van der Waals surface area contributed by atoms with Gasteiger partial charge in [0, 0.05) is 0 Å². The summed E-state index contributed by atoms with van der Waals surface area (Å²) in [5.74, 6) is 0.137. The second kappa shape index (κ2) is 6.08. The molecule has 1 fully saturated rings. The van der Waals surface area contributed by atoms with Gasteiger partial charge in [-0.05, 0) is 18.8 Å². The Morgan fingerprint density at radius 2 is 2.13 bits per heavy atom. The summed E-state index contributed by atoms with van der Waals surface area (Å²) in [6.07, 6.45) is 6.23. The first-order chi connectivity index (χ1) is 7.15. The zero-order valence-electron chi connectivity index (χ0n) is 9.45. The van der Waals surface area contributed by atoms with Crippen molar-refractivity contribution >= 4 is 5.91 Å². The van der Waals surface area contributed by atoms with Crippen LogP contribution in [0.5, 0.6) is 0 Å². The van der Waals surface area contributed by atoms with Crippen molar-refractivity contribution < 1.29 is 9.53 Å². The summed E-state index contributed by atoms with van der Waals surface area (Å²) in [6, 6.07) is -0.663. The minimum atomic E-state index is -0.663. The SMILES string of the molecule is CCC1CCCCC1OCC(N)C(N)=O. The fourth-order valence-electron chi connectivity index (χ4n) is 2.17. The van der Waals surface area contributed by atoms with E-state index in [1.165, 1.54) is 19.3 Å². The predicted molar refractivity (Wildman–Crippen MR) is 59.2 cm³/mol. The van der Waals surface area contributed by atoms with Crippen LogP contribution in [0, 0.1) is 5.92 Å². The molecule has 0 aromatic carbocycles. The maximum absolute atomic E-state index is 10.7. The maximum Gasteiger partial charge on any atom is 0.236 e. The molecule has 0 aliphatic heterocycles. The molecule has 4 heteroatoms. The lowest BCUT2D eigenvalue weighted by Crippen LogP contribution is -2.42. The number of amides is 1. The Morgan fingerprint density at radius 1 is 1.47 bits per heavy atom. The van der Waals surface area contributed by atoms with Gasteiger partial charge in [0.2, 0.25) is 5.91 Å². The molecule has 1 rings (SSSR count). The van der Waals surface area contributed by atoms with Gasteiger partial charge in [0.15, 0.2) is 0 Å². The molecule has 15 heavy (non-hydrogen) atoms. The van der Waals surface area contributed by atoms with Crippen molar-refractivity contribution in [2.75, 3.05) is 6.61 Å². The Balaban J connectivity index is 2.32. The van der Waals surface area contributed by atoms with Crippen molar-refractivity contribution in [3.63, 3.8) is 0 Å². The van der Waals surface area contributed by atoms with Crippen LogP contribution in [0.4, 0.5) is 0 Å². The monoisotopic (exact) mass is 214 g/mol. The first-order valence-electron chi connectivity index (χ1n) is 5.81. The predicted octanol–water partition coefficient (Wildman–Crippen LogP) is 0.784. The molecule has 3 unspecified atom stereocenters. The summed E-state index contributed by atoms with van der Waals surface area (Å²) in [7, 11) is 0.